The summed E-state index contributed by atoms with van der Waals surface area (Å²) in [6.45, 7) is 0.733. The fourth-order valence-corrected chi connectivity index (χ4v) is 4.87. The number of carbonyl (C=O) groups is 2. The zero-order valence-electron chi connectivity index (χ0n) is 15.0. The number of nitrogens with zero attached hydrogens (tertiary/aromatic N) is 2. The van der Waals surface area contributed by atoms with Crippen LogP contribution in [0.4, 0.5) is 4.39 Å². The fraction of sp³-hybridized carbons (Fsp3) is 0.529. The number of carbonyl (C=O) groups excluding carboxylic acids is 2. The Morgan fingerprint density at radius 2 is 1.78 bits per heavy atom. The minimum absolute atomic E-state index is 0.232. The Morgan fingerprint density at radius 3 is 2.33 bits per heavy atom. The highest BCUT2D eigenvalue weighted by Crippen LogP contribution is 2.29. The van der Waals surface area contributed by atoms with E-state index in [9.17, 15) is 22.4 Å². The van der Waals surface area contributed by atoms with Crippen molar-refractivity contribution in [2.75, 3.05) is 20.1 Å². The summed E-state index contributed by atoms with van der Waals surface area (Å²) in [6.07, 6.45) is 1.18. The SMILES string of the molecule is CN1[C@@H](C(=O)N2CCC(C(N)=O)CC2)C[C@@H](c2ccc(F)cc2)NS1(=O)=O. The van der Waals surface area contributed by atoms with E-state index in [4.69, 9.17) is 5.73 Å². The molecule has 2 aliphatic heterocycles. The first-order chi connectivity index (χ1) is 12.7. The molecule has 8 nitrogen and oxygen atoms in total. The first kappa shape index (κ1) is 19.7. The topological polar surface area (TPSA) is 113 Å². The molecule has 2 aliphatic rings. The highest BCUT2D eigenvalue weighted by atomic mass is 32.2. The summed E-state index contributed by atoms with van der Waals surface area (Å²) in [5.41, 5.74) is 5.91. The first-order valence-electron chi connectivity index (χ1n) is 8.78. The predicted octanol–water partition coefficient (Wildman–Crippen LogP) is 0.129. The number of nitrogens with one attached hydrogen (secondary N) is 1. The molecule has 0 aromatic heterocycles. The van der Waals surface area contributed by atoms with Crippen LogP contribution in [0.2, 0.25) is 0 Å². The molecule has 1 aromatic carbocycles. The third kappa shape index (κ3) is 4.12. The van der Waals surface area contributed by atoms with Crippen LogP contribution in [0.1, 0.15) is 30.9 Å². The number of halogens is 1. The molecule has 3 rings (SSSR count). The number of piperidine rings is 1. The van der Waals surface area contributed by atoms with Gasteiger partial charge < -0.3 is 10.6 Å². The van der Waals surface area contributed by atoms with Crippen molar-refractivity contribution in [3.05, 3.63) is 35.6 Å². The normalized spacial score (nSPS) is 26.7. The second kappa shape index (κ2) is 7.53. The van der Waals surface area contributed by atoms with Gasteiger partial charge in [-0.1, -0.05) is 12.1 Å². The highest BCUT2D eigenvalue weighted by Gasteiger charge is 2.42. The van der Waals surface area contributed by atoms with Gasteiger partial charge in [0.2, 0.25) is 11.8 Å². The van der Waals surface area contributed by atoms with Gasteiger partial charge >= 0.3 is 0 Å². The Hall–Kier alpha value is -2.04. The van der Waals surface area contributed by atoms with Crippen molar-refractivity contribution >= 4 is 22.0 Å². The molecule has 148 valence electrons. The highest BCUT2D eigenvalue weighted by molar-refractivity contribution is 7.87. The molecule has 0 radical (unpaired) electrons. The molecule has 2 fully saturated rings. The van der Waals surface area contributed by atoms with Crippen LogP contribution in [0, 0.1) is 11.7 Å². The van der Waals surface area contributed by atoms with Crippen LogP contribution in [0.5, 0.6) is 0 Å². The quantitative estimate of drug-likeness (QED) is 0.753. The summed E-state index contributed by atoms with van der Waals surface area (Å²) < 4.78 is 41.7. The fourth-order valence-electron chi connectivity index (χ4n) is 3.60. The van der Waals surface area contributed by atoms with Gasteiger partial charge in [-0.15, -0.1) is 0 Å². The molecule has 27 heavy (non-hydrogen) atoms. The monoisotopic (exact) mass is 398 g/mol. The number of likely N-dealkylation sites (tertiary alicyclic amines) is 1. The summed E-state index contributed by atoms with van der Waals surface area (Å²) in [4.78, 5) is 25.9. The lowest BCUT2D eigenvalue weighted by molar-refractivity contribution is -0.138. The third-order valence-electron chi connectivity index (χ3n) is 5.33. The molecule has 0 aliphatic carbocycles. The Labute approximate surface area is 157 Å². The second-order valence-corrected chi connectivity index (χ2v) is 8.76. The van der Waals surface area contributed by atoms with E-state index in [0.717, 1.165) is 4.31 Å². The van der Waals surface area contributed by atoms with Crippen molar-refractivity contribution in [2.45, 2.75) is 31.3 Å². The lowest BCUT2D eigenvalue weighted by atomic mass is 9.94. The smallest absolute Gasteiger partial charge is 0.280 e. The number of amides is 2. The van der Waals surface area contributed by atoms with Crippen molar-refractivity contribution in [2.24, 2.45) is 11.7 Å². The van der Waals surface area contributed by atoms with Crippen molar-refractivity contribution in [3.8, 4) is 0 Å². The largest absolute Gasteiger partial charge is 0.369 e. The molecule has 2 heterocycles. The van der Waals surface area contributed by atoms with E-state index in [1.807, 2.05) is 0 Å². The molecule has 2 amide bonds. The molecule has 10 heteroatoms. The number of hydrogen-bond donors (Lipinski definition) is 2. The molecule has 0 saturated carbocycles. The summed E-state index contributed by atoms with van der Waals surface area (Å²) in [6, 6.07) is 4.04. The van der Waals surface area contributed by atoms with E-state index < -0.39 is 28.1 Å². The summed E-state index contributed by atoms with van der Waals surface area (Å²) >= 11 is 0. The van der Waals surface area contributed by atoms with Crippen LogP contribution in [0.3, 0.4) is 0 Å². The van der Waals surface area contributed by atoms with E-state index in [0.29, 0.717) is 31.5 Å². The standard InChI is InChI=1S/C17H23FN4O4S/c1-21-15(17(24)22-8-6-12(7-9-22)16(19)23)10-14(20-27(21,25)26)11-2-4-13(18)5-3-11/h2-5,12,14-15,20H,6-10H2,1H3,(H2,19,23)/t14-,15+/m0/s1. The predicted molar refractivity (Wildman–Crippen MR) is 95.9 cm³/mol. The molecule has 0 unspecified atom stereocenters. The Morgan fingerprint density at radius 1 is 1.19 bits per heavy atom. The summed E-state index contributed by atoms with van der Waals surface area (Å²) in [5, 5.41) is 0. The zero-order chi connectivity index (χ0) is 19.8. The maximum absolute atomic E-state index is 13.2. The molecule has 2 atom stereocenters. The van der Waals surface area contributed by atoms with Crippen molar-refractivity contribution in [3.63, 3.8) is 0 Å². The van der Waals surface area contributed by atoms with Gasteiger partial charge in [-0.3, -0.25) is 9.59 Å². The van der Waals surface area contributed by atoms with Crippen molar-refractivity contribution < 1.29 is 22.4 Å². The average Bonchev–Trinajstić information content (AvgIpc) is 2.64. The van der Waals surface area contributed by atoms with Gasteiger partial charge in [0.1, 0.15) is 11.9 Å². The molecule has 3 N–H and O–H groups in total. The van der Waals surface area contributed by atoms with Crippen molar-refractivity contribution in [1.82, 2.24) is 13.9 Å². The molecule has 0 spiro atoms. The molecule has 0 bridgehead atoms. The van der Waals surface area contributed by atoms with E-state index in [1.54, 1.807) is 4.90 Å². The minimum Gasteiger partial charge on any atom is -0.369 e. The second-order valence-electron chi connectivity index (χ2n) is 7.00. The van der Waals surface area contributed by atoms with Crippen LogP contribution in [-0.4, -0.2) is 55.6 Å². The van der Waals surface area contributed by atoms with E-state index >= 15 is 0 Å². The number of hydrogen-bond acceptors (Lipinski definition) is 4. The van der Waals surface area contributed by atoms with Gasteiger partial charge in [0.05, 0.1) is 0 Å². The van der Waals surface area contributed by atoms with E-state index in [1.165, 1.54) is 31.3 Å². The van der Waals surface area contributed by atoms with E-state index in [-0.39, 0.29) is 24.2 Å². The van der Waals surface area contributed by atoms with Crippen molar-refractivity contribution in [1.29, 1.82) is 0 Å². The molecule has 2 saturated heterocycles. The van der Waals surface area contributed by atoms with Gasteiger partial charge in [-0.2, -0.15) is 17.4 Å². The van der Waals surface area contributed by atoms with Crippen LogP contribution in [0.25, 0.3) is 0 Å². The van der Waals surface area contributed by atoms with E-state index in [2.05, 4.69) is 4.72 Å². The summed E-state index contributed by atoms with van der Waals surface area (Å²) in [7, 11) is -2.49. The van der Waals surface area contributed by atoms with Gasteiger partial charge in [-0.05, 0) is 37.0 Å². The summed E-state index contributed by atoms with van der Waals surface area (Å²) in [5.74, 6) is -1.34. The Bertz CT molecular complexity index is 822. The third-order valence-corrected chi connectivity index (χ3v) is 6.93. The maximum Gasteiger partial charge on any atom is 0.280 e. The average molecular weight is 398 g/mol. The maximum atomic E-state index is 13.2. The Balaban J connectivity index is 1.77. The first-order valence-corrected chi connectivity index (χ1v) is 10.2. The number of likely N-dealkylation sites (N-methyl/N-ethyl adjacent to an activating group) is 1. The van der Waals surface area contributed by atoms with Crippen LogP contribution < -0.4 is 10.5 Å². The number of benzene rings is 1. The zero-order valence-corrected chi connectivity index (χ0v) is 15.8. The molecular formula is C17H23FN4O4S. The van der Waals surface area contributed by atoms with Gasteiger partial charge in [0.25, 0.3) is 10.2 Å². The lowest BCUT2D eigenvalue weighted by Crippen LogP contribution is -2.58. The number of rotatable bonds is 3. The van der Waals surface area contributed by atoms with Crippen LogP contribution in [-0.2, 0) is 19.8 Å². The minimum atomic E-state index is -3.86. The van der Waals surface area contributed by atoms with Crippen LogP contribution >= 0.6 is 0 Å². The van der Waals surface area contributed by atoms with Gasteiger partial charge in [0.15, 0.2) is 0 Å². The van der Waals surface area contributed by atoms with Crippen LogP contribution in [0.15, 0.2) is 24.3 Å². The van der Waals surface area contributed by atoms with Gasteiger partial charge in [0, 0.05) is 32.1 Å². The molecular weight excluding hydrogens is 375 g/mol. The Kier molecular flexibility index (Phi) is 5.50. The number of nitrogens with two attached hydrogens (primary N) is 1. The lowest BCUT2D eigenvalue weighted by Gasteiger charge is -2.40. The van der Waals surface area contributed by atoms with Gasteiger partial charge in [-0.25, -0.2) is 4.39 Å². The number of primary amides is 1. The molecule has 1 aromatic rings.